The number of amides is 1. The fourth-order valence-electron chi connectivity index (χ4n) is 2.70. The first-order valence-electron chi connectivity index (χ1n) is 7.48. The highest BCUT2D eigenvalue weighted by atomic mass is 16.5. The summed E-state index contributed by atoms with van der Waals surface area (Å²) in [6.45, 7) is 5.99. The Bertz CT molecular complexity index is 478. The second-order valence-corrected chi connectivity index (χ2v) is 6.12. The van der Waals surface area contributed by atoms with Gasteiger partial charge in [-0.3, -0.25) is 9.48 Å². The monoisotopic (exact) mass is 294 g/mol. The molecule has 1 fully saturated rings. The Balaban J connectivity index is 1.95. The normalized spacial score (nSPS) is 19.5. The molecule has 0 radical (unpaired) electrons. The van der Waals surface area contributed by atoms with Gasteiger partial charge in [0.15, 0.2) is 0 Å². The molecular formula is C15H26N4O2. The minimum atomic E-state index is -0.294. The van der Waals surface area contributed by atoms with Gasteiger partial charge in [0, 0.05) is 31.5 Å². The minimum Gasteiger partial charge on any atom is -0.381 e. The molecule has 118 valence electrons. The molecule has 1 saturated heterocycles. The largest absolute Gasteiger partial charge is 0.381 e. The molecule has 1 aromatic heterocycles. The van der Waals surface area contributed by atoms with E-state index in [2.05, 4.69) is 29.4 Å². The van der Waals surface area contributed by atoms with E-state index in [0.717, 1.165) is 31.6 Å². The van der Waals surface area contributed by atoms with Crippen LogP contribution in [0.3, 0.4) is 0 Å². The second-order valence-electron chi connectivity index (χ2n) is 6.12. The molecule has 1 N–H and O–H groups in total. The van der Waals surface area contributed by atoms with Crippen LogP contribution < -0.4 is 5.32 Å². The summed E-state index contributed by atoms with van der Waals surface area (Å²) in [5.74, 6) is 0.00539. The van der Waals surface area contributed by atoms with E-state index >= 15 is 0 Å². The summed E-state index contributed by atoms with van der Waals surface area (Å²) in [4.78, 5) is 14.5. The minimum absolute atomic E-state index is 0.00539. The standard InChI is InChI=1S/C15H26N4O2/c1-12-9-17-19(10-12)13(2)14(20)16-11-15(18(3)4)5-7-21-8-6-15/h9-10,13H,5-8,11H2,1-4H3,(H,16,20)/t13-/m0/s1. The number of ether oxygens (including phenoxy) is 1. The van der Waals surface area contributed by atoms with Gasteiger partial charge in [-0.15, -0.1) is 0 Å². The topological polar surface area (TPSA) is 59.4 Å². The van der Waals surface area contributed by atoms with E-state index in [1.807, 2.05) is 20.0 Å². The first-order chi connectivity index (χ1) is 9.94. The van der Waals surface area contributed by atoms with Crippen molar-refractivity contribution in [2.75, 3.05) is 33.9 Å². The zero-order valence-electron chi connectivity index (χ0n) is 13.4. The Labute approximate surface area is 126 Å². The second kappa shape index (κ2) is 6.58. The third kappa shape index (κ3) is 3.63. The maximum atomic E-state index is 12.3. The van der Waals surface area contributed by atoms with Crippen LogP contribution in [0.25, 0.3) is 0 Å². The lowest BCUT2D eigenvalue weighted by atomic mass is 9.88. The van der Waals surface area contributed by atoms with Crippen molar-refractivity contribution in [2.45, 2.75) is 38.3 Å². The SMILES string of the molecule is Cc1cnn([C@@H](C)C(=O)NCC2(N(C)C)CCOCC2)c1. The highest BCUT2D eigenvalue weighted by Gasteiger charge is 2.35. The predicted molar refractivity (Wildman–Crippen MR) is 81.2 cm³/mol. The number of hydrogen-bond donors (Lipinski definition) is 1. The molecule has 6 heteroatoms. The molecule has 1 amide bonds. The van der Waals surface area contributed by atoms with Crippen LogP contribution in [0.5, 0.6) is 0 Å². The van der Waals surface area contributed by atoms with Crippen LogP contribution >= 0.6 is 0 Å². The molecular weight excluding hydrogens is 268 g/mol. The molecule has 0 unspecified atom stereocenters. The zero-order chi connectivity index (χ0) is 15.5. The Morgan fingerprint density at radius 2 is 2.19 bits per heavy atom. The Hall–Kier alpha value is -1.40. The zero-order valence-corrected chi connectivity index (χ0v) is 13.4. The molecule has 1 aromatic rings. The van der Waals surface area contributed by atoms with Crippen molar-refractivity contribution >= 4 is 5.91 Å². The number of carbonyl (C=O) groups is 1. The van der Waals surface area contributed by atoms with Crippen molar-refractivity contribution in [2.24, 2.45) is 0 Å². The van der Waals surface area contributed by atoms with Crippen LogP contribution in [0.1, 0.15) is 31.4 Å². The van der Waals surface area contributed by atoms with Crippen LogP contribution in [0.4, 0.5) is 0 Å². The third-order valence-electron chi connectivity index (χ3n) is 4.47. The highest BCUT2D eigenvalue weighted by Crippen LogP contribution is 2.25. The van der Waals surface area contributed by atoms with Crippen LogP contribution in [0.15, 0.2) is 12.4 Å². The molecule has 6 nitrogen and oxygen atoms in total. The molecule has 1 aliphatic rings. The van der Waals surface area contributed by atoms with Gasteiger partial charge in [0.25, 0.3) is 0 Å². The summed E-state index contributed by atoms with van der Waals surface area (Å²) in [5.41, 5.74) is 1.05. The number of hydrogen-bond acceptors (Lipinski definition) is 4. The molecule has 0 aliphatic carbocycles. The Kier molecular flexibility index (Phi) is 5.00. The van der Waals surface area contributed by atoms with Gasteiger partial charge in [-0.05, 0) is 46.3 Å². The maximum absolute atomic E-state index is 12.3. The summed E-state index contributed by atoms with van der Waals surface area (Å²) in [6, 6.07) is -0.294. The van der Waals surface area contributed by atoms with Crippen LogP contribution in [0.2, 0.25) is 0 Å². The highest BCUT2D eigenvalue weighted by molar-refractivity contribution is 5.79. The van der Waals surface area contributed by atoms with Gasteiger partial charge in [0.2, 0.25) is 5.91 Å². The molecule has 0 aromatic carbocycles. The fraction of sp³-hybridized carbons (Fsp3) is 0.733. The summed E-state index contributed by atoms with van der Waals surface area (Å²) in [6.07, 6.45) is 5.54. The lowest BCUT2D eigenvalue weighted by molar-refractivity contribution is -0.125. The lowest BCUT2D eigenvalue weighted by Gasteiger charge is -2.43. The van der Waals surface area contributed by atoms with Crippen molar-refractivity contribution in [1.82, 2.24) is 20.0 Å². The molecule has 2 rings (SSSR count). The number of carbonyl (C=O) groups excluding carboxylic acids is 1. The predicted octanol–water partition coefficient (Wildman–Crippen LogP) is 0.980. The van der Waals surface area contributed by atoms with E-state index in [4.69, 9.17) is 4.74 Å². The number of rotatable bonds is 5. The summed E-state index contributed by atoms with van der Waals surface area (Å²) >= 11 is 0. The van der Waals surface area contributed by atoms with Gasteiger partial charge >= 0.3 is 0 Å². The first kappa shape index (κ1) is 16.0. The van der Waals surface area contributed by atoms with Gasteiger partial charge in [0.05, 0.1) is 6.20 Å². The van der Waals surface area contributed by atoms with Gasteiger partial charge in [-0.25, -0.2) is 0 Å². The van der Waals surface area contributed by atoms with Crippen molar-refractivity contribution in [3.05, 3.63) is 18.0 Å². The Morgan fingerprint density at radius 3 is 2.71 bits per heavy atom. The van der Waals surface area contributed by atoms with E-state index < -0.39 is 0 Å². The molecule has 2 heterocycles. The van der Waals surface area contributed by atoms with Crippen molar-refractivity contribution < 1.29 is 9.53 Å². The molecule has 0 saturated carbocycles. The summed E-state index contributed by atoms with van der Waals surface area (Å²) in [5, 5.41) is 7.29. The average molecular weight is 294 g/mol. The number of nitrogens with zero attached hydrogens (tertiary/aromatic N) is 3. The molecule has 0 spiro atoms. The molecule has 21 heavy (non-hydrogen) atoms. The van der Waals surface area contributed by atoms with Gasteiger partial charge in [-0.2, -0.15) is 5.10 Å². The fourth-order valence-corrected chi connectivity index (χ4v) is 2.70. The number of aryl methyl sites for hydroxylation is 1. The number of likely N-dealkylation sites (N-methyl/N-ethyl adjacent to an activating group) is 1. The molecule has 1 atom stereocenters. The van der Waals surface area contributed by atoms with Gasteiger partial charge in [0.1, 0.15) is 6.04 Å². The van der Waals surface area contributed by atoms with Crippen molar-refractivity contribution in [3.8, 4) is 0 Å². The lowest BCUT2D eigenvalue weighted by Crippen LogP contribution is -2.56. The summed E-state index contributed by atoms with van der Waals surface area (Å²) < 4.78 is 7.15. The molecule has 1 aliphatic heterocycles. The van der Waals surface area contributed by atoms with E-state index in [0.29, 0.717) is 6.54 Å². The Morgan fingerprint density at radius 1 is 1.52 bits per heavy atom. The quantitative estimate of drug-likeness (QED) is 0.879. The van der Waals surface area contributed by atoms with Crippen LogP contribution in [-0.4, -0.2) is 60.0 Å². The van der Waals surface area contributed by atoms with E-state index in [-0.39, 0.29) is 17.5 Å². The van der Waals surface area contributed by atoms with E-state index in [1.54, 1.807) is 10.9 Å². The van der Waals surface area contributed by atoms with Crippen LogP contribution in [-0.2, 0) is 9.53 Å². The van der Waals surface area contributed by atoms with E-state index in [9.17, 15) is 4.79 Å². The molecule has 0 bridgehead atoms. The van der Waals surface area contributed by atoms with Crippen molar-refractivity contribution in [3.63, 3.8) is 0 Å². The smallest absolute Gasteiger partial charge is 0.244 e. The maximum Gasteiger partial charge on any atom is 0.244 e. The average Bonchev–Trinajstić information content (AvgIpc) is 2.91. The number of aromatic nitrogens is 2. The van der Waals surface area contributed by atoms with E-state index in [1.165, 1.54) is 0 Å². The first-order valence-corrected chi connectivity index (χ1v) is 7.48. The van der Waals surface area contributed by atoms with Crippen LogP contribution in [0, 0.1) is 6.92 Å². The van der Waals surface area contributed by atoms with Gasteiger partial charge < -0.3 is 15.0 Å². The third-order valence-corrected chi connectivity index (χ3v) is 4.47. The van der Waals surface area contributed by atoms with Gasteiger partial charge in [-0.1, -0.05) is 0 Å². The number of nitrogens with one attached hydrogen (secondary N) is 1. The summed E-state index contributed by atoms with van der Waals surface area (Å²) in [7, 11) is 4.13. The van der Waals surface area contributed by atoms with Crippen molar-refractivity contribution in [1.29, 1.82) is 0 Å².